The third kappa shape index (κ3) is 21.8. The van der Waals surface area contributed by atoms with Gasteiger partial charge in [-0.15, -0.1) is 0 Å². The molecule has 0 saturated carbocycles. The summed E-state index contributed by atoms with van der Waals surface area (Å²) in [4.78, 5) is 11.3. The van der Waals surface area contributed by atoms with Crippen molar-refractivity contribution in [3.63, 3.8) is 0 Å². The van der Waals surface area contributed by atoms with Crippen LogP contribution in [0.1, 0.15) is 155 Å². The topological polar surface area (TPSA) is 17.1 Å². The highest BCUT2D eigenvalue weighted by molar-refractivity contribution is 5.53. The van der Waals surface area contributed by atoms with Crippen LogP contribution in [0.2, 0.25) is 0 Å². The Kier molecular flexibility index (Phi) is 23.4. The van der Waals surface area contributed by atoms with Gasteiger partial charge in [-0.25, -0.2) is 0 Å². The largest absolute Gasteiger partial charge is 0.303 e. The van der Waals surface area contributed by atoms with Gasteiger partial charge in [0.15, 0.2) is 0 Å². The van der Waals surface area contributed by atoms with Crippen LogP contribution in [0.3, 0.4) is 0 Å². The predicted octanol–water partition coefficient (Wildman–Crippen LogP) is 9.42. The van der Waals surface area contributed by atoms with Crippen molar-refractivity contribution in [2.24, 2.45) is 5.92 Å². The number of carbonyl (C=O) groups excluding carboxylic acids is 1. The van der Waals surface area contributed by atoms with Gasteiger partial charge >= 0.3 is 0 Å². The fourth-order valence-electron chi connectivity index (χ4n) is 4.07. The van der Waals surface area contributed by atoms with Gasteiger partial charge in [0.05, 0.1) is 0 Å². The molecule has 0 spiro atoms. The molecule has 0 bridgehead atoms. The van der Waals surface area contributed by atoms with Gasteiger partial charge in [0, 0.05) is 5.92 Å². The average Bonchev–Trinajstić information content (AvgIpc) is 2.69. The Morgan fingerprint density at radius 2 is 0.704 bits per heavy atom. The van der Waals surface area contributed by atoms with E-state index in [4.69, 9.17) is 0 Å². The molecule has 0 aliphatic carbocycles. The van der Waals surface area contributed by atoms with Gasteiger partial charge < -0.3 is 4.79 Å². The predicted molar refractivity (Wildman–Crippen MR) is 122 cm³/mol. The first kappa shape index (κ1) is 26.7. The average molecular weight is 381 g/mol. The van der Waals surface area contributed by atoms with E-state index in [1.165, 1.54) is 135 Å². The van der Waals surface area contributed by atoms with E-state index in [9.17, 15) is 4.79 Å². The van der Waals surface area contributed by atoms with Crippen LogP contribution in [0.5, 0.6) is 0 Å². The lowest BCUT2D eigenvalue weighted by Gasteiger charge is -2.10. The highest BCUT2D eigenvalue weighted by atomic mass is 16.1. The number of hydrogen-bond donors (Lipinski definition) is 0. The first-order chi connectivity index (χ1) is 13.3. The van der Waals surface area contributed by atoms with E-state index in [0.717, 1.165) is 12.8 Å². The molecule has 0 aromatic heterocycles. The van der Waals surface area contributed by atoms with Crippen molar-refractivity contribution < 1.29 is 4.79 Å². The molecule has 0 amide bonds. The van der Waals surface area contributed by atoms with Crippen molar-refractivity contribution in [1.29, 1.82) is 0 Å². The molecule has 0 radical (unpaired) electrons. The van der Waals surface area contributed by atoms with Crippen molar-refractivity contribution in [2.75, 3.05) is 0 Å². The van der Waals surface area contributed by atoms with Crippen LogP contribution in [0.25, 0.3) is 0 Å². The van der Waals surface area contributed by atoms with Gasteiger partial charge in [-0.2, -0.15) is 0 Å². The molecule has 0 saturated heterocycles. The summed E-state index contributed by atoms with van der Waals surface area (Å²) in [7, 11) is 0. The minimum absolute atomic E-state index is 0.341. The molecule has 162 valence electrons. The third-order valence-electron chi connectivity index (χ3n) is 6.05. The van der Waals surface area contributed by atoms with Crippen LogP contribution < -0.4 is 0 Å². The summed E-state index contributed by atoms with van der Waals surface area (Å²) >= 11 is 0. The zero-order valence-electron chi connectivity index (χ0n) is 19.1. The van der Waals surface area contributed by atoms with Crippen molar-refractivity contribution in [1.82, 2.24) is 0 Å². The molecular weight excluding hydrogens is 328 g/mol. The van der Waals surface area contributed by atoms with Crippen molar-refractivity contribution in [3.8, 4) is 0 Å². The normalized spacial score (nSPS) is 12.4. The van der Waals surface area contributed by atoms with E-state index in [-0.39, 0.29) is 0 Å². The molecule has 0 aromatic carbocycles. The smallest absolute Gasteiger partial charge is 0.123 e. The number of unbranched alkanes of at least 4 members (excludes halogenated alkanes) is 18. The summed E-state index contributed by atoms with van der Waals surface area (Å²) in [6.07, 6.45) is 31.1. The summed E-state index contributed by atoms with van der Waals surface area (Å²) in [5, 5.41) is 0. The molecule has 0 heterocycles. The van der Waals surface area contributed by atoms with Crippen LogP contribution >= 0.6 is 0 Å². The fraction of sp³-hybridized carbons (Fsp3) is 0.962. The molecule has 27 heavy (non-hydrogen) atoms. The lowest BCUT2D eigenvalue weighted by Crippen LogP contribution is -2.02. The first-order valence-electron chi connectivity index (χ1n) is 12.8. The molecule has 0 N–H and O–H groups in total. The SMILES string of the molecule is CCCCCCCCCCCCCC(C=O)CCCCCCCCCCC. The number of aldehydes is 1. The maximum atomic E-state index is 11.3. The molecule has 1 nitrogen and oxygen atoms in total. The first-order valence-corrected chi connectivity index (χ1v) is 12.8. The van der Waals surface area contributed by atoms with E-state index < -0.39 is 0 Å². The summed E-state index contributed by atoms with van der Waals surface area (Å²) in [5.74, 6) is 0.341. The lowest BCUT2D eigenvalue weighted by atomic mass is 9.95. The minimum Gasteiger partial charge on any atom is -0.303 e. The van der Waals surface area contributed by atoms with E-state index in [2.05, 4.69) is 13.8 Å². The van der Waals surface area contributed by atoms with Crippen LogP contribution in [0.15, 0.2) is 0 Å². The number of rotatable bonds is 23. The second kappa shape index (κ2) is 23.7. The second-order valence-electron chi connectivity index (χ2n) is 8.84. The summed E-state index contributed by atoms with van der Waals surface area (Å²) in [6.45, 7) is 4.56. The van der Waals surface area contributed by atoms with Crippen LogP contribution in [0, 0.1) is 5.92 Å². The quantitative estimate of drug-likeness (QED) is 0.127. The number of hydrogen-bond acceptors (Lipinski definition) is 1. The molecule has 0 aromatic rings. The standard InChI is InChI=1S/C26H52O/c1-3-5-7-9-11-13-14-16-18-20-22-24-26(25-27)23-21-19-17-15-12-10-8-6-4-2/h25-26H,3-24H2,1-2H3. The Morgan fingerprint density at radius 3 is 0.963 bits per heavy atom. The zero-order chi connectivity index (χ0) is 19.8. The van der Waals surface area contributed by atoms with Crippen molar-refractivity contribution in [2.45, 2.75) is 155 Å². The Bertz CT molecular complexity index is 273. The summed E-state index contributed by atoms with van der Waals surface area (Å²) < 4.78 is 0. The minimum atomic E-state index is 0.341. The van der Waals surface area contributed by atoms with Crippen LogP contribution in [0.4, 0.5) is 0 Å². The van der Waals surface area contributed by atoms with Crippen molar-refractivity contribution >= 4 is 6.29 Å². The van der Waals surface area contributed by atoms with E-state index in [1.54, 1.807) is 0 Å². The Labute approximate surface area is 172 Å². The van der Waals surface area contributed by atoms with Gasteiger partial charge in [0.25, 0.3) is 0 Å². The Hall–Kier alpha value is -0.330. The van der Waals surface area contributed by atoms with E-state index in [1.807, 2.05) is 0 Å². The highest BCUT2D eigenvalue weighted by Gasteiger charge is 2.06. The maximum Gasteiger partial charge on any atom is 0.123 e. The molecule has 0 aliphatic heterocycles. The van der Waals surface area contributed by atoms with Crippen LogP contribution in [-0.2, 0) is 4.79 Å². The van der Waals surface area contributed by atoms with Gasteiger partial charge in [0.2, 0.25) is 0 Å². The molecule has 1 heteroatoms. The van der Waals surface area contributed by atoms with Gasteiger partial charge in [-0.05, 0) is 12.8 Å². The van der Waals surface area contributed by atoms with Gasteiger partial charge in [-0.3, -0.25) is 0 Å². The van der Waals surface area contributed by atoms with E-state index in [0.29, 0.717) is 5.92 Å². The molecule has 1 atom stereocenters. The van der Waals surface area contributed by atoms with Gasteiger partial charge in [0.1, 0.15) is 6.29 Å². The molecule has 0 aliphatic rings. The maximum absolute atomic E-state index is 11.3. The fourth-order valence-corrected chi connectivity index (χ4v) is 4.07. The molecule has 1 unspecified atom stereocenters. The Balaban J connectivity index is 3.28. The molecule has 0 rings (SSSR count). The third-order valence-corrected chi connectivity index (χ3v) is 6.05. The zero-order valence-corrected chi connectivity index (χ0v) is 19.1. The van der Waals surface area contributed by atoms with E-state index >= 15 is 0 Å². The second-order valence-corrected chi connectivity index (χ2v) is 8.84. The molecular formula is C26H52O. The Morgan fingerprint density at radius 1 is 0.444 bits per heavy atom. The van der Waals surface area contributed by atoms with Gasteiger partial charge in [-0.1, -0.05) is 142 Å². The summed E-state index contributed by atoms with van der Waals surface area (Å²) in [5.41, 5.74) is 0. The summed E-state index contributed by atoms with van der Waals surface area (Å²) in [6, 6.07) is 0. The molecule has 0 fully saturated rings. The van der Waals surface area contributed by atoms with Crippen LogP contribution in [-0.4, -0.2) is 6.29 Å². The monoisotopic (exact) mass is 380 g/mol. The lowest BCUT2D eigenvalue weighted by molar-refractivity contribution is -0.111. The van der Waals surface area contributed by atoms with Crippen molar-refractivity contribution in [3.05, 3.63) is 0 Å². The number of carbonyl (C=O) groups is 1. The highest BCUT2D eigenvalue weighted by Crippen LogP contribution is 2.18.